The Morgan fingerprint density at radius 3 is 2.13 bits per heavy atom. The third-order valence-corrected chi connectivity index (χ3v) is 1.86. The summed E-state index contributed by atoms with van der Waals surface area (Å²) in [6.45, 7) is 7.66. The van der Waals surface area contributed by atoms with Gasteiger partial charge in [-0.2, -0.15) is 0 Å². The second-order valence-electron chi connectivity index (χ2n) is 4.50. The number of carbonyl (C=O) groups is 1. The van der Waals surface area contributed by atoms with E-state index in [2.05, 4.69) is 0 Å². The molecule has 86 valence electrons. The molecule has 0 atom stereocenters. The van der Waals surface area contributed by atoms with Crippen LogP contribution in [0.4, 0.5) is 0 Å². The molecule has 0 rings (SSSR count). The summed E-state index contributed by atoms with van der Waals surface area (Å²) in [5.41, 5.74) is -0.252. The molecule has 0 spiro atoms. The number of nitro groups is 1. The first-order chi connectivity index (χ1) is 6.84. The van der Waals surface area contributed by atoms with Crippen molar-refractivity contribution in [3.05, 3.63) is 21.9 Å². The van der Waals surface area contributed by atoms with Crippen molar-refractivity contribution in [2.24, 2.45) is 11.8 Å². The van der Waals surface area contributed by atoms with E-state index in [0.717, 1.165) is 0 Å². The maximum absolute atomic E-state index is 11.5. The first kappa shape index (κ1) is 13.8. The van der Waals surface area contributed by atoms with Crippen LogP contribution < -0.4 is 0 Å². The van der Waals surface area contributed by atoms with Crippen LogP contribution in [0.2, 0.25) is 0 Å². The summed E-state index contributed by atoms with van der Waals surface area (Å²) in [6.07, 6.45) is 2.25. The van der Waals surface area contributed by atoms with Crippen molar-refractivity contribution in [3.8, 4) is 0 Å². The number of ketones is 1. The lowest BCUT2D eigenvalue weighted by Gasteiger charge is -2.02. The van der Waals surface area contributed by atoms with Crippen molar-refractivity contribution in [2.75, 3.05) is 0 Å². The lowest BCUT2D eigenvalue weighted by molar-refractivity contribution is -0.419. The molecule has 0 radical (unpaired) electrons. The molecule has 0 aromatic carbocycles. The van der Waals surface area contributed by atoms with Gasteiger partial charge in [-0.25, -0.2) is 0 Å². The van der Waals surface area contributed by atoms with Crippen LogP contribution in [-0.4, -0.2) is 10.7 Å². The van der Waals surface area contributed by atoms with Gasteiger partial charge in [-0.1, -0.05) is 27.7 Å². The van der Waals surface area contributed by atoms with Crippen LogP contribution in [0.5, 0.6) is 0 Å². The number of nitrogens with zero attached hydrogens (tertiary/aromatic N) is 1. The first-order valence-corrected chi connectivity index (χ1v) is 5.22. The van der Waals surface area contributed by atoms with E-state index in [9.17, 15) is 14.9 Å². The van der Waals surface area contributed by atoms with Crippen molar-refractivity contribution in [2.45, 2.75) is 40.5 Å². The minimum absolute atomic E-state index is 0.153. The fraction of sp³-hybridized carbons (Fsp3) is 0.727. The van der Waals surface area contributed by atoms with Crippen LogP contribution in [-0.2, 0) is 4.79 Å². The molecule has 0 N–H and O–H groups in total. The van der Waals surface area contributed by atoms with Gasteiger partial charge in [-0.3, -0.25) is 14.9 Å². The van der Waals surface area contributed by atoms with Crippen LogP contribution in [0.1, 0.15) is 40.5 Å². The Labute approximate surface area is 90.5 Å². The molecule has 4 nitrogen and oxygen atoms in total. The molecule has 0 aliphatic carbocycles. The van der Waals surface area contributed by atoms with Gasteiger partial charge in [0.1, 0.15) is 0 Å². The van der Waals surface area contributed by atoms with E-state index in [-0.39, 0.29) is 23.8 Å². The fourth-order valence-electron chi connectivity index (χ4n) is 1.11. The van der Waals surface area contributed by atoms with Crippen molar-refractivity contribution >= 4 is 5.78 Å². The third kappa shape index (κ3) is 5.99. The molecule has 0 aromatic rings. The van der Waals surface area contributed by atoms with Crippen LogP contribution in [0.15, 0.2) is 11.8 Å². The van der Waals surface area contributed by atoms with Gasteiger partial charge >= 0.3 is 5.70 Å². The molecule has 0 amide bonds. The van der Waals surface area contributed by atoms with E-state index < -0.39 is 4.92 Å². The lowest BCUT2D eigenvalue weighted by atomic mass is 10.0. The zero-order valence-corrected chi connectivity index (χ0v) is 9.82. The summed E-state index contributed by atoms with van der Waals surface area (Å²) in [5, 5.41) is 10.7. The molecule has 15 heavy (non-hydrogen) atoms. The topological polar surface area (TPSA) is 60.2 Å². The van der Waals surface area contributed by atoms with Crippen LogP contribution in [0, 0.1) is 22.0 Å². The van der Waals surface area contributed by atoms with Crippen molar-refractivity contribution in [3.63, 3.8) is 0 Å². The second kappa shape index (κ2) is 6.32. The van der Waals surface area contributed by atoms with Crippen LogP contribution >= 0.6 is 0 Å². The molecule has 0 aliphatic heterocycles. The number of hydrogen-bond donors (Lipinski definition) is 0. The summed E-state index contributed by atoms with van der Waals surface area (Å²) < 4.78 is 0. The molecule has 0 heterocycles. The Morgan fingerprint density at radius 1 is 1.27 bits per heavy atom. The molecule has 0 aromatic heterocycles. The minimum atomic E-state index is -0.576. The Morgan fingerprint density at radius 2 is 1.80 bits per heavy atom. The molecule has 0 unspecified atom stereocenters. The molecule has 0 bridgehead atoms. The minimum Gasteiger partial charge on any atom is -0.287 e. The average Bonchev–Trinajstić information content (AvgIpc) is 2.01. The maximum Gasteiger partial charge on any atom is 0.308 e. The largest absolute Gasteiger partial charge is 0.308 e. The number of rotatable bonds is 6. The van der Waals surface area contributed by atoms with Gasteiger partial charge in [0, 0.05) is 6.42 Å². The smallest absolute Gasteiger partial charge is 0.287 e. The molecule has 0 saturated heterocycles. The molecule has 0 fully saturated rings. The Hall–Kier alpha value is -1.19. The maximum atomic E-state index is 11.5. The summed E-state index contributed by atoms with van der Waals surface area (Å²) in [6, 6.07) is 0. The first-order valence-electron chi connectivity index (χ1n) is 5.22. The number of Topliss-reactive ketones (excluding diaryl/α,β-unsaturated/α-hetero) is 1. The summed E-state index contributed by atoms with van der Waals surface area (Å²) in [4.78, 5) is 21.6. The standard InChI is InChI=1S/C11H19NO3/c1-8(2)5-6-10(12(14)15)11(13)7-9(3)4/h6,8-9H,5,7H2,1-4H3/b10-6-. The Kier molecular flexibility index (Phi) is 5.82. The summed E-state index contributed by atoms with van der Waals surface area (Å²) in [5.74, 6) is 0.113. The van der Waals surface area contributed by atoms with Gasteiger partial charge in [0.05, 0.1) is 4.92 Å². The van der Waals surface area contributed by atoms with E-state index in [0.29, 0.717) is 12.3 Å². The molecule has 4 heteroatoms. The zero-order valence-electron chi connectivity index (χ0n) is 9.82. The number of hydrogen-bond acceptors (Lipinski definition) is 3. The van der Waals surface area contributed by atoms with E-state index >= 15 is 0 Å². The lowest BCUT2D eigenvalue weighted by Crippen LogP contribution is -2.13. The SMILES string of the molecule is CC(C)C/C=C(/C(=O)CC(C)C)[N+](=O)[O-]. The van der Waals surface area contributed by atoms with Gasteiger partial charge in [-0.05, 0) is 24.3 Å². The van der Waals surface area contributed by atoms with Gasteiger partial charge in [0.15, 0.2) is 0 Å². The normalized spacial score (nSPS) is 12.3. The highest BCUT2D eigenvalue weighted by molar-refractivity contribution is 5.93. The van der Waals surface area contributed by atoms with E-state index in [1.807, 2.05) is 27.7 Å². The molecular weight excluding hydrogens is 194 g/mol. The number of carbonyl (C=O) groups excluding carboxylic acids is 1. The van der Waals surface area contributed by atoms with Crippen molar-refractivity contribution < 1.29 is 9.72 Å². The van der Waals surface area contributed by atoms with Crippen molar-refractivity contribution in [1.82, 2.24) is 0 Å². The van der Waals surface area contributed by atoms with E-state index in [1.165, 1.54) is 6.08 Å². The van der Waals surface area contributed by atoms with Gasteiger partial charge in [0.2, 0.25) is 5.78 Å². The quantitative estimate of drug-likeness (QED) is 0.387. The third-order valence-electron chi connectivity index (χ3n) is 1.86. The second-order valence-corrected chi connectivity index (χ2v) is 4.50. The number of allylic oxidation sites excluding steroid dienone is 2. The highest BCUT2D eigenvalue weighted by Gasteiger charge is 2.21. The van der Waals surface area contributed by atoms with E-state index in [4.69, 9.17) is 0 Å². The van der Waals surface area contributed by atoms with Crippen LogP contribution in [0.25, 0.3) is 0 Å². The van der Waals surface area contributed by atoms with Gasteiger partial charge in [-0.15, -0.1) is 0 Å². The van der Waals surface area contributed by atoms with Gasteiger partial charge < -0.3 is 0 Å². The monoisotopic (exact) mass is 213 g/mol. The summed E-state index contributed by atoms with van der Waals surface area (Å²) in [7, 11) is 0. The summed E-state index contributed by atoms with van der Waals surface area (Å²) >= 11 is 0. The molecular formula is C11H19NO3. The Bertz CT molecular complexity index is 267. The fourth-order valence-corrected chi connectivity index (χ4v) is 1.11. The molecule has 0 aliphatic rings. The van der Waals surface area contributed by atoms with E-state index in [1.54, 1.807) is 0 Å². The molecule has 0 saturated carbocycles. The zero-order chi connectivity index (χ0) is 12.0. The van der Waals surface area contributed by atoms with Crippen LogP contribution in [0.3, 0.4) is 0 Å². The highest BCUT2D eigenvalue weighted by Crippen LogP contribution is 2.11. The predicted molar refractivity (Wildman–Crippen MR) is 59.0 cm³/mol. The highest BCUT2D eigenvalue weighted by atomic mass is 16.6. The average molecular weight is 213 g/mol. The predicted octanol–water partition coefficient (Wildman–Crippen LogP) is 2.81. The van der Waals surface area contributed by atoms with Gasteiger partial charge in [0.25, 0.3) is 0 Å². The Balaban J connectivity index is 4.59. The van der Waals surface area contributed by atoms with Crippen molar-refractivity contribution in [1.29, 1.82) is 0 Å².